The molecule has 0 bridgehead atoms. The number of hydrogen-bond acceptors (Lipinski definition) is 4. The number of anilines is 2. The van der Waals surface area contributed by atoms with Gasteiger partial charge in [-0.25, -0.2) is 0 Å². The van der Waals surface area contributed by atoms with Crippen molar-refractivity contribution >= 4 is 29.2 Å². The van der Waals surface area contributed by atoms with E-state index in [-0.39, 0.29) is 25.5 Å². The van der Waals surface area contributed by atoms with Gasteiger partial charge in [-0.3, -0.25) is 14.4 Å². The average Bonchev–Trinajstić information content (AvgIpc) is 3.08. The summed E-state index contributed by atoms with van der Waals surface area (Å²) in [4.78, 5) is 38.6. The largest absolute Gasteiger partial charge is 0.455 e. The van der Waals surface area contributed by atoms with Crippen molar-refractivity contribution in [3.05, 3.63) is 59.2 Å². The van der Waals surface area contributed by atoms with E-state index in [0.29, 0.717) is 5.69 Å². The van der Waals surface area contributed by atoms with Gasteiger partial charge in [0.1, 0.15) is 0 Å². The predicted octanol–water partition coefficient (Wildman–Crippen LogP) is 3.40. The molecule has 1 atom stereocenters. The molecule has 1 aliphatic rings. The molecule has 2 aromatic rings. The lowest BCUT2D eigenvalue weighted by Crippen LogP contribution is -2.28. The monoisotopic (exact) mass is 394 g/mol. The number of carbonyl (C=O) groups excluding carboxylic acids is 3. The Morgan fingerprint density at radius 2 is 1.93 bits per heavy atom. The summed E-state index contributed by atoms with van der Waals surface area (Å²) in [5.41, 5.74) is 4.64. The molecule has 0 radical (unpaired) electrons. The minimum absolute atomic E-state index is 0.0897. The number of nitrogens with zero attached hydrogens (tertiary/aromatic N) is 1. The third-order valence-corrected chi connectivity index (χ3v) is 5.12. The molecule has 1 saturated heterocycles. The number of benzene rings is 2. The average molecular weight is 394 g/mol. The van der Waals surface area contributed by atoms with Crippen molar-refractivity contribution in [2.24, 2.45) is 5.92 Å². The predicted molar refractivity (Wildman–Crippen MR) is 112 cm³/mol. The quantitative estimate of drug-likeness (QED) is 0.762. The summed E-state index contributed by atoms with van der Waals surface area (Å²) in [6.07, 6.45) is 0.876. The van der Waals surface area contributed by atoms with Gasteiger partial charge < -0.3 is 15.0 Å². The Morgan fingerprint density at radius 1 is 1.17 bits per heavy atom. The first-order valence-electron chi connectivity index (χ1n) is 9.81. The summed E-state index contributed by atoms with van der Waals surface area (Å²) in [7, 11) is 0. The Hall–Kier alpha value is -3.15. The van der Waals surface area contributed by atoms with Crippen LogP contribution in [-0.4, -0.2) is 30.9 Å². The van der Waals surface area contributed by atoms with Crippen molar-refractivity contribution in [2.45, 2.75) is 33.6 Å². The fourth-order valence-electron chi connectivity index (χ4n) is 3.60. The highest BCUT2D eigenvalue weighted by Crippen LogP contribution is 2.29. The van der Waals surface area contributed by atoms with Crippen LogP contribution in [0.2, 0.25) is 0 Å². The lowest BCUT2D eigenvalue weighted by molar-refractivity contribution is -0.151. The van der Waals surface area contributed by atoms with Crippen LogP contribution in [-0.2, 0) is 25.5 Å². The fourth-order valence-corrected chi connectivity index (χ4v) is 3.60. The molecule has 6 heteroatoms. The highest BCUT2D eigenvalue weighted by atomic mass is 16.5. The molecule has 0 saturated carbocycles. The van der Waals surface area contributed by atoms with Crippen LogP contribution in [0.4, 0.5) is 11.4 Å². The molecule has 2 amide bonds. The Labute approximate surface area is 170 Å². The topological polar surface area (TPSA) is 75.7 Å². The molecule has 0 spiro atoms. The molecule has 0 aliphatic carbocycles. The van der Waals surface area contributed by atoms with Crippen molar-refractivity contribution in [3.8, 4) is 0 Å². The maximum atomic E-state index is 12.4. The molecule has 2 aromatic carbocycles. The molecule has 0 unspecified atom stereocenters. The van der Waals surface area contributed by atoms with E-state index in [1.54, 1.807) is 4.90 Å². The van der Waals surface area contributed by atoms with Gasteiger partial charge in [0.15, 0.2) is 6.61 Å². The molecule has 152 valence electrons. The van der Waals surface area contributed by atoms with Crippen LogP contribution in [0, 0.1) is 19.8 Å². The van der Waals surface area contributed by atoms with Crippen molar-refractivity contribution < 1.29 is 19.1 Å². The number of amides is 2. The molecule has 1 fully saturated rings. The van der Waals surface area contributed by atoms with Crippen molar-refractivity contribution in [2.75, 3.05) is 23.4 Å². The maximum absolute atomic E-state index is 12.4. The molecule has 0 aromatic heterocycles. The smallest absolute Gasteiger partial charge is 0.311 e. The summed E-state index contributed by atoms with van der Waals surface area (Å²) in [5.74, 6) is -1.60. The van der Waals surface area contributed by atoms with E-state index in [1.807, 2.05) is 63.2 Å². The second-order valence-corrected chi connectivity index (χ2v) is 7.36. The molecule has 3 rings (SSSR count). The van der Waals surface area contributed by atoms with Crippen molar-refractivity contribution in [3.63, 3.8) is 0 Å². The van der Waals surface area contributed by atoms with Crippen LogP contribution in [0.5, 0.6) is 0 Å². The lowest BCUT2D eigenvalue weighted by atomic mass is 10.1. The van der Waals surface area contributed by atoms with Crippen LogP contribution in [0.3, 0.4) is 0 Å². The number of carbonyl (C=O) groups is 3. The Morgan fingerprint density at radius 3 is 2.66 bits per heavy atom. The summed E-state index contributed by atoms with van der Waals surface area (Å²) in [6, 6.07) is 13.4. The van der Waals surface area contributed by atoms with E-state index in [9.17, 15) is 14.4 Å². The number of nitrogens with one attached hydrogen (secondary N) is 1. The molecule has 29 heavy (non-hydrogen) atoms. The Balaban J connectivity index is 1.56. The van der Waals surface area contributed by atoms with Crippen LogP contribution in [0.25, 0.3) is 0 Å². The van der Waals surface area contributed by atoms with Gasteiger partial charge in [0, 0.05) is 24.3 Å². The highest BCUT2D eigenvalue weighted by Gasteiger charge is 2.36. The van der Waals surface area contributed by atoms with E-state index in [0.717, 1.165) is 28.8 Å². The van der Waals surface area contributed by atoms with Gasteiger partial charge in [-0.05, 0) is 43.5 Å². The van der Waals surface area contributed by atoms with Gasteiger partial charge >= 0.3 is 5.97 Å². The minimum atomic E-state index is -0.570. The van der Waals surface area contributed by atoms with Gasteiger partial charge in [-0.15, -0.1) is 0 Å². The maximum Gasteiger partial charge on any atom is 0.311 e. The summed E-state index contributed by atoms with van der Waals surface area (Å²) in [5, 5.41) is 2.77. The first-order valence-corrected chi connectivity index (χ1v) is 9.81. The van der Waals surface area contributed by atoms with Crippen LogP contribution < -0.4 is 10.2 Å². The molecule has 1 heterocycles. The third-order valence-electron chi connectivity index (χ3n) is 5.12. The van der Waals surface area contributed by atoms with Crippen molar-refractivity contribution in [1.29, 1.82) is 0 Å². The summed E-state index contributed by atoms with van der Waals surface area (Å²) in [6.45, 7) is 5.84. The van der Waals surface area contributed by atoms with Gasteiger partial charge in [-0.1, -0.05) is 42.8 Å². The first-order chi connectivity index (χ1) is 13.9. The number of aryl methyl sites for hydroxylation is 3. The SMILES string of the molecule is CCc1ccccc1NC(=O)COC(=O)[C@@H]1CC(=O)N(c2ccc(C)cc2C)C1. The van der Waals surface area contributed by atoms with Crippen molar-refractivity contribution in [1.82, 2.24) is 0 Å². The first kappa shape index (κ1) is 20.6. The summed E-state index contributed by atoms with van der Waals surface area (Å²) >= 11 is 0. The standard InChI is InChI=1S/C23H26N2O4/c1-4-17-7-5-6-8-19(17)24-21(26)14-29-23(28)18-12-22(27)25(13-18)20-10-9-15(2)11-16(20)3/h5-11,18H,4,12-14H2,1-3H3,(H,24,26)/t18-/m1/s1. The van der Waals surface area contributed by atoms with E-state index >= 15 is 0 Å². The Kier molecular flexibility index (Phi) is 6.32. The third kappa shape index (κ3) is 4.83. The van der Waals surface area contributed by atoms with E-state index < -0.39 is 17.8 Å². The summed E-state index contributed by atoms with van der Waals surface area (Å²) < 4.78 is 5.19. The zero-order valence-electron chi connectivity index (χ0n) is 17.0. The number of ether oxygens (including phenoxy) is 1. The molecular formula is C23H26N2O4. The van der Waals surface area contributed by atoms with Gasteiger partial charge in [-0.2, -0.15) is 0 Å². The second-order valence-electron chi connectivity index (χ2n) is 7.36. The molecule has 1 N–H and O–H groups in total. The van der Waals surface area contributed by atoms with Crippen LogP contribution in [0.15, 0.2) is 42.5 Å². The molecule has 6 nitrogen and oxygen atoms in total. The minimum Gasteiger partial charge on any atom is -0.455 e. The number of esters is 1. The molecular weight excluding hydrogens is 368 g/mol. The zero-order chi connectivity index (χ0) is 21.0. The van der Waals surface area contributed by atoms with Crippen LogP contribution in [0.1, 0.15) is 30.0 Å². The second kappa shape index (κ2) is 8.90. The van der Waals surface area contributed by atoms with Crippen LogP contribution >= 0.6 is 0 Å². The number of hydrogen-bond donors (Lipinski definition) is 1. The van der Waals surface area contributed by atoms with E-state index in [4.69, 9.17) is 4.74 Å². The molecule has 1 aliphatic heterocycles. The van der Waals surface area contributed by atoms with Gasteiger partial charge in [0.25, 0.3) is 5.91 Å². The van der Waals surface area contributed by atoms with Gasteiger partial charge in [0.2, 0.25) is 5.91 Å². The zero-order valence-corrected chi connectivity index (χ0v) is 17.0. The van der Waals surface area contributed by atoms with E-state index in [1.165, 1.54) is 0 Å². The Bertz CT molecular complexity index is 938. The van der Waals surface area contributed by atoms with Gasteiger partial charge in [0.05, 0.1) is 5.92 Å². The number of rotatable bonds is 6. The number of para-hydroxylation sites is 1. The lowest BCUT2D eigenvalue weighted by Gasteiger charge is -2.19. The van der Waals surface area contributed by atoms with E-state index in [2.05, 4.69) is 5.32 Å². The normalized spacial score (nSPS) is 16.0. The highest BCUT2D eigenvalue weighted by molar-refractivity contribution is 6.00. The fraction of sp³-hybridized carbons (Fsp3) is 0.348.